The van der Waals surface area contributed by atoms with Crippen LogP contribution in [0.2, 0.25) is 0 Å². The van der Waals surface area contributed by atoms with Crippen LogP contribution in [-0.2, 0) is 11.3 Å². The third kappa shape index (κ3) is 4.34. The predicted molar refractivity (Wildman–Crippen MR) is 109 cm³/mol. The first-order valence-electron chi connectivity index (χ1n) is 9.03. The fourth-order valence-corrected chi connectivity index (χ4v) is 3.73. The van der Waals surface area contributed by atoms with E-state index in [1.54, 1.807) is 0 Å². The largest absolute Gasteiger partial charge is 0.394 e. The van der Waals surface area contributed by atoms with Gasteiger partial charge in [0.15, 0.2) is 0 Å². The molecule has 0 spiro atoms. The quantitative estimate of drug-likeness (QED) is 0.532. The van der Waals surface area contributed by atoms with Crippen molar-refractivity contribution in [2.24, 2.45) is 5.16 Å². The smallest absolute Gasteiger partial charge is 0.129 e. The van der Waals surface area contributed by atoms with Crippen LogP contribution in [-0.4, -0.2) is 35.8 Å². The third-order valence-electron chi connectivity index (χ3n) is 4.91. The van der Waals surface area contributed by atoms with E-state index in [1.165, 1.54) is 21.9 Å². The Morgan fingerprint density at radius 3 is 2.44 bits per heavy atom. The lowest BCUT2D eigenvalue weighted by atomic mass is 10.0. The molecule has 0 saturated heterocycles. The lowest BCUT2D eigenvalue weighted by Crippen LogP contribution is -2.39. The number of oxime groups is 1. The number of halogens is 1. The van der Waals surface area contributed by atoms with Gasteiger partial charge in [0.2, 0.25) is 0 Å². The van der Waals surface area contributed by atoms with Gasteiger partial charge in [0.05, 0.1) is 5.71 Å². The number of nitrogens with zero attached hydrogens (tertiary/aromatic N) is 2. The predicted octanol–water partition coefficient (Wildman–Crippen LogP) is 5.05. The highest BCUT2D eigenvalue weighted by Crippen LogP contribution is 2.30. The summed E-state index contributed by atoms with van der Waals surface area (Å²) in [4.78, 5) is 8.09. The van der Waals surface area contributed by atoms with Gasteiger partial charge in [-0.15, -0.1) is 12.4 Å². The van der Waals surface area contributed by atoms with Crippen LogP contribution in [0, 0.1) is 0 Å². The highest BCUT2D eigenvalue weighted by Gasteiger charge is 2.20. The second-order valence-corrected chi connectivity index (χ2v) is 7.11. The number of fused-ring (bicyclic) bond motifs is 3. The van der Waals surface area contributed by atoms with Crippen molar-refractivity contribution in [3.05, 3.63) is 47.5 Å². The van der Waals surface area contributed by atoms with Gasteiger partial charge in [-0.2, -0.15) is 0 Å². The first kappa shape index (κ1) is 19.7. The average Bonchev–Trinajstić information content (AvgIpc) is 2.97. The summed E-state index contributed by atoms with van der Waals surface area (Å²) in [5.41, 5.74) is 3.77. The monoisotopic (exact) mass is 360 g/mol. The Kier molecular flexibility index (Phi) is 6.86. The van der Waals surface area contributed by atoms with Crippen LogP contribution in [0.15, 0.2) is 41.6 Å². The van der Waals surface area contributed by atoms with E-state index in [2.05, 4.69) is 74.1 Å². The first-order valence-corrected chi connectivity index (χ1v) is 9.03. The fourth-order valence-electron chi connectivity index (χ4n) is 3.73. The number of hydrogen-bond donors (Lipinski definition) is 0. The molecule has 0 atom stereocenters. The van der Waals surface area contributed by atoms with Gasteiger partial charge in [0.25, 0.3) is 0 Å². The van der Waals surface area contributed by atoms with Crippen molar-refractivity contribution in [2.75, 3.05) is 13.2 Å². The highest BCUT2D eigenvalue weighted by molar-refractivity contribution is 6.08. The van der Waals surface area contributed by atoms with E-state index in [9.17, 15) is 0 Å². The standard InChI is InChI=1S/C21H28N2O.ClH/c1-15(2)23(16(3)4)13-14-24-22-21-12-11-19-18-8-6-5-7-17(18)9-10-20(19)21;/h5-10,15-16H,11-14H2,1-4H3;1H/b22-21+;. The molecule has 0 aromatic heterocycles. The molecule has 0 amide bonds. The molecule has 2 aromatic carbocycles. The van der Waals surface area contributed by atoms with Crippen molar-refractivity contribution in [1.29, 1.82) is 0 Å². The SMILES string of the molecule is CC(C)N(CCO/N=C1\CCc2c1ccc1ccccc21)C(C)C.Cl. The third-order valence-corrected chi connectivity index (χ3v) is 4.91. The molecule has 0 fully saturated rings. The van der Waals surface area contributed by atoms with E-state index >= 15 is 0 Å². The number of aryl methyl sites for hydroxylation is 1. The van der Waals surface area contributed by atoms with Gasteiger partial charge >= 0.3 is 0 Å². The molecule has 0 saturated carbocycles. The van der Waals surface area contributed by atoms with Crippen molar-refractivity contribution >= 4 is 28.9 Å². The highest BCUT2D eigenvalue weighted by atomic mass is 35.5. The Bertz CT molecular complexity index is 732. The van der Waals surface area contributed by atoms with Crippen LogP contribution in [0.4, 0.5) is 0 Å². The molecule has 0 radical (unpaired) electrons. The van der Waals surface area contributed by atoms with Gasteiger partial charge in [0, 0.05) is 24.2 Å². The number of hydrogen-bond acceptors (Lipinski definition) is 3. The maximum atomic E-state index is 5.66. The summed E-state index contributed by atoms with van der Waals surface area (Å²) in [6, 6.07) is 14.0. The van der Waals surface area contributed by atoms with Crippen LogP contribution < -0.4 is 0 Å². The zero-order chi connectivity index (χ0) is 17.1. The molecular weight excluding hydrogens is 332 g/mol. The van der Waals surface area contributed by atoms with Crippen LogP contribution in [0.3, 0.4) is 0 Å². The topological polar surface area (TPSA) is 24.8 Å². The van der Waals surface area contributed by atoms with Crippen molar-refractivity contribution in [3.8, 4) is 0 Å². The minimum absolute atomic E-state index is 0. The Morgan fingerprint density at radius 2 is 1.72 bits per heavy atom. The molecule has 2 aromatic rings. The van der Waals surface area contributed by atoms with E-state index in [4.69, 9.17) is 4.84 Å². The minimum atomic E-state index is 0. The summed E-state index contributed by atoms with van der Waals surface area (Å²) in [6.45, 7) is 10.5. The van der Waals surface area contributed by atoms with Crippen molar-refractivity contribution < 1.29 is 4.84 Å². The van der Waals surface area contributed by atoms with Gasteiger partial charge in [0.1, 0.15) is 6.61 Å². The molecule has 0 heterocycles. The number of rotatable bonds is 6. The zero-order valence-corrected chi connectivity index (χ0v) is 16.5. The van der Waals surface area contributed by atoms with Crippen molar-refractivity contribution in [2.45, 2.75) is 52.6 Å². The van der Waals surface area contributed by atoms with Crippen LogP contribution >= 0.6 is 12.4 Å². The molecule has 0 aliphatic heterocycles. The first-order chi connectivity index (χ1) is 11.6. The maximum absolute atomic E-state index is 5.66. The maximum Gasteiger partial charge on any atom is 0.129 e. The zero-order valence-electron chi connectivity index (χ0n) is 15.7. The van der Waals surface area contributed by atoms with Crippen LogP contribution in [0.25, 0.3) is 10.8 Å². The Morgan fingerprint density at radius 1 is 1.00 bits per heavy atom. The van der Waals surface area contributed by atoms with Gasteiger partial charge in [-0.05, 0) is 56.9 Å². The Balaban J connectivity index is 0.00000225. The van der Waals surface area contributed by atoms with Crippen LogP contribution in [0.1, 0.15) is 45.2 Å². The van der Waals surface area contributed by atoms with Gasteiger partial charge < -0.3 is 4.84 Å². The lowest BCUT2D eigenvalue weighted by Gasteiger charge is -2.29. The summed E-state index contributed by atoms with van der Waals surface area (Å²) in [5, 5.41) is 7.11. The molecule has 1 aliphatic rings. The van der Waals surface area contributed by atoms with Crippen molar-refractivity contribution in [1.82, 2.24) is 4.90 Å². The summed E-state index contributed by atoms with van der Waals surface area (Å²) in [5.74, 6) is 0. The normalized spacial score (nSPS) is 15.2. The molecule has 0 N–H and O–H groups in total. The molecular formula is C21H29ClN2O. The van der Waals surface area contributed by atoms with E-state index in [-0.39, 0.29) is 12.4 Å². The minimum Gasteiger partial charge on any atom is -0.394 e. The molecule has 0 unspecified atom stereocenters. The lowest BCUT2D eigenvalue weighted by molar-refractivity contribution is 0.0827. The summed E-state index contributed by atoms with van der Waals surface area (Å²) >= 11 is 0. The van der Waals surface area contributed by atoms with E-state index < -0.39 is 0 Å². The molecule has 25 heavy (non-hydrogen) atoms. The molecule has 3 rings (SSSR count). The van der Waals surface area contributed by atoms with E-state index in [0.29, 0.717) is 18.7 Å². The van der Waals surface area contributed by atoms with Gasteiger partial charge in [-0.25, -0.2) is 0 Å². The second kappa shape index (κ2) is 8.68. The van der Waals surface area contributed by atoms with Crippen LogP contribution in [0.5, 0.6) is 0 Å². The molecule has 136 valence electrons. The van der Waals surface area contributed by atoms with Gasteiger partial charge in [-0.3, -0.25) is 4.90 Å². The summed E-state index contributed by atoms with van der Waals surface area (Å²) in [7, 11) is 0. The van der Waals surface area contributed by atoms with Gasteiger partial charge in [-0.1, -0.05) is 41.6 Å². The average molecular weight is 361 g/mol. The van der Waals surface area contributed by atoms with Crippen molar-refractivity contribution in [3.63, 3.8) is 0 Å². The molecule has 1 aliphatic carbocycles. The second-order valence-electron chi connectivity index (χ2n) is 7.11. The van der Waals surface area contributed by atoms with E-state index in [0.717, 1.165) is 25.1 Å². The summed E-state index contributed by atoms with van der Waals surface area (Å²) in [6.07, 6.45) is 2.03. The Labute approximate surface area is 157 Å². The Hall–Kier alpha value is -1.58. The molecule has 4 heteroatoms. The number of benzene rings is 2. The van der Waals surface area contributed by atoms with E-state index in [1.807, 2.05) is 0 Å². The summed E-state index contributed by atoms with van der Waals surface area (Å²) < 4.78 is 0. The molecule has 0 bridgehead atoms. The fraction of sp³-hybridized carbons (Fsp3) is 0.476. The molecule has 3 nitrogen and oxygen atoms in total.